The van der Waals surface area contributed by atoms with Gasteiger partial charge in [-0.2, -0.15) is 0 Å². The number of H-pyrrole nitrogens is 1. The third kappa shape index (κ3) is 7.46. The lowest BCUT2D eigenvalue weighted by Gasteiger charge is -2.33. The van der Waals surface area contributed by atoms with Gasteiger partial charge in [0.25, 0.3) is 0 Å². The van der Waals surface area contributed by atoms with Crippen LogP contribution in [0.25, 0.3) is 11.0 Å². The average molecular weight is 592 g/mol. The van der Waals surface area contributed by atoms with E-state index in [9.17, 15) is 4.79 Å². The van der Waals surface area contributed by atoms with Crippen molar-refractivity contribution in [1.82, 2.24) is 19.9 Å². The normalized spacial score (nSPS) is 15.8. The number of nitrogens with one attached hydrogen (secondary N) is 2. The number of nitrogens with zero attached hydrogens (tertiary/aromatic N) is 3. The number of hydrogen-bond donors (Lipinski definition) is 2. The molecule has 0 aliphatic carbocycles. The molecule has 2 aromatic heterocycles. The lowest BCUT2D eigenvalue weighted by Crippen LogP contribution is -2.42. The molecule has 5 rings (SSSR count). The number of likely N-dealkylation sites (tertiary alicyclic amines) is 1. The Labute approximate surface area is 251 Å². The Kier molecular flexibility index (Phi) is 10.4. The van der Waals surface area contributed by atoms with Crippen molar-refractivity contribution in [2.45, 2.75) is 50.9 Å². The smallest absolute Gasteiger partial charge is 0.196 e. The van der Waals surface area contributed by atoms with E-state index < -0.39 is 0 Å². The van der Waals surface area contributed by atoms with Crippen LogP contribution < -0.4 is 10.1 Å². The van der Waals surface area contributed by atoms with Gasteiger partial charge in [-0.1, -0.05) is 36.2 Å². The maximum absolute atomic E-state index is 13.7. The number of carbonyl (C=O) groups is 1. The van der Waals surface area contributed by atoms with Gasteiger partial charge in [-0.3, -0.25) is 4.79 Å². The highest BCUT2D eigenvalue weighted by molar-refractivity contribution is 6.35. The Balaban J connectivity index is 1.24. The number of benzene rings is 2. The molecule has 0 radical (unpaired) electrons. The van der Waals surface area contributed by atoms with Gasteiger partial charge in [0, 0.05) is 44.6 Å². The molecule has 0 bridgehead atoms. The molecule has 1 aliphatic heterocycles. The molecule has 4 aromatic rings. The van der Waals surface area contributed by atoms with Gasteiger partial charge in [0.1, 0.15) is 29.3 Å². The molecule has 9 nitrogen and oxygen atoms in total. The molecule has 1 saturated heterocycles. The van der Waals surface area contributed by atoms with Crippen molar-refractivity contribution in [2.24, 2.45) is 0 Å². The average Bonchev–Trinajstić information content (AvgIpc) is 3.45. The number of aromatic nitrogens is 3. The van der Waals surface area contributed by atoms with Gasteiger partial charge in [0.2, 0.25) is 0 Å². The van der Waals surface area contributed by atoms with Crippen molar-refractivity contribution in [3.05, 3.63) is 77.2 Å². The maximum Gasteiger partial charge on any atom is 0.196 e. The minimum Gasteiger partial charge on any atom is -0.457 e. The number of halogens is 1. The second-order valence-electron chi connectivity index (χ2n) is 10.6. The van der Waals surface area contributed by atoms with E-state index in [4.69, 9.17) is 25.8 Å². The van der Waals surface area contributed by atoms with E-state index in [0.29, 0.717) is 44.5 Å². The van der Waals surface area contributed by atoms with Crippen molar-refractivity contribution >= 4 is 34.2 Å². The molecule has 1 fully saturated rings. The monoisotopic (exact) mass is 591 g/mol. The van der Waals surface area contributed by atoms with Crippen LogP contribution >= 0.6 is 11.6 Å². The van der Waals surface area contributed by atoms with Gasteiger partial charge < -0.3 is 29.4 Å². The minimum absolute atomic E-state index is 0.118. The fourth-order valence-electron chi connectivity index (χ4n) is 5.49. The molecule has 1 unspecified atom stereocenters. The van der Waals surface area contributed by atoms with Crippen LogP contribution in [0.2, 0.25) is 5.02 Å². The molecule has 3 heterocycles. The second kappa shape index (κ2) is 14.6. The fourth-order valence-corrected chi connectivity index (χ4v) is 5.75. The third-order valence-corrected chi connectivity index (χ3v) is 7.98. The summed E-state index contributed by atoms with van der Waals surface area (Å²) in [7, 11) is 3.36. The molecule has 1 aliphatic rings. The number of ether oxygens (including phenoxy) is 3. The zero-order valence-electron chi connectivity index (χ0n) is 24.1. The SMILES string of the molecule is COC(CCCCCN1CCCC(Nc2ncnc3[nH]cc(C(=O)c4ccc(Oc5ccccc5)cc4Cl)c23)C1)OC. The maximum atomic E-state index is 13.7. The summed E-state index contributed by atoms with van der Waals surface area (Å²) in [5, 5.41) is 4.61. The van der Waals surface area contributed by atoms with Gasteiger partial charge in [-0.25, -0.2) is 9.97 Å². The van der Waals surface area contributed by atoms with Gasteiger partial charge in [0.05, 0.1) is 16.0 Å². The van der Waals surface area contributed by atoms with Crippen LogP contribution in [-0.2, 0) is 9.47 Å². The molecule has 1 atom stereocenters. The van der Waals surface area contributed by atoms with Gasteiger partial charge in [0.15, 0.2) is 12.1 Å². The predicted molar refractivity (Wildman–Crippen MR) is 165 cm³/mol. The Bertz CT molecular complexity index is 1460. The lowest BCUT2D eigenvalue weighted by molar-refractivity contribution is -0.107. The van der Waals surface area contributed by atoms with Crippen LogP contribution in [0, 0.1) is 0 Å². The van der Waals surface area contributed by atoms with Crippen LogP contribution in [0.15, 0.2) is 61.1 Å². The molecular weight excluding hydrogens is 554 g/mol. The fraction of sp³-hybridized carbons (Fsp3) is 0.406. The van der Waals surface area contributed by atoms with Crippen molar-refractivity contribution < 1.29 is 19.0 Å². The van der Waals surface area contributed by atoms with E-state index in [1.165, 1.54) is 6.33 Å². The highest BCUT2D eigenvalue weighted by atomic mass is 35.5. The van der Waals surface area contributed by atoms with Crippen LogP contribution in [0.5, 0.6) is 11.5 Å². The number of rotatable bonds is 14. The van der Waals surface area contributed by atoms with E-state index >= 15 is 0 Å². The summed E-state index contributed by atoms with van der Waals surface area (Å²) < 4.78 is 16.4. The van der Waals surface area contributed by atoms with Gasteiger partial charge in [-0.15, -0.1) is 0 Å². The standard InChI is InChI=1S/C32H38ClN5O4/c1-40-28(41-2)13-7-4-8-16-38-17-9-10-22(20-38)37-32-29-26(19-34-31(29)35-21-36-32)30(39)25-15-14-24(18-27(25)33)42-23-11-5-3-6-12-23/h3,5-6,11-12,14-15,18-19,21-22,28H,4,7-10,13,16-17,20H2,1-2H3,(H2,34,35,36,37). The van der Waals surface area contributed by atoms with Crippen molar-refractivity contribution in [3.8, 4) is 11.5 Å². The summed E-state index contributed by atoms with van der Waals surface area (Å²) in [6.45, 7) is 3.07. The first-order valence-corrected chi connectivity index (χ1v) is 14.9. The minimum atomic E-state index is -0.204. The molecule has 10 heteroatoms. The number of fused-ring (bicyclic) bond motifs is 1. The summed E-state index contributed by atoms with van der Waals surface area (Å²) in [6.07, 6.45) is 9.49. The van der Waals surface area contributed by atoms with Crippen LogP contribution in [0.3, 0.4) is 0 Å². The zero-order valence-corrected chi connectivity index (χ0v) is 24.9. The Hall–Kier alpha value is -3.50. The second-order valence-corrected chi connectivity index (χ2v) is 11.0. The molecule has 2 aromatic carbocycles. The molecule has 222 valence electrons. The predicted octanol–water partition coefficient (Wildman–Crippen LogP) is 6.69. The third-order valence-electron chi connectivity index (χ3n) is 7.66. The number of piperidine rings is 1. The van der Waals surface area contributed by atoms with Crippen molar-refractivity contribution in [2.75, 3.05) is 39.2 Å². The number of carbonyl (C=O) groups excluding carboxylic acids is 1. The Morgan fingerprint density at radius 2 is 1.90 bits per heavy atom. The zero-order chi connectivity index (χ0) is 29.3. The molecule has 0 saturated carbocycles. The van der Waals surface area contributed by atoms with Crippen molar-refractivity contribution in [1.29, 1.82) is 0 Å². The molecule has 0 amide bonds. The van der Waals surface area contributed by atoms with Crippen LogP contribution in [-0.4, -0.2) is 71.8 Å². The topological polar surface area (TPSA) is 102 Å². The number of methoxy groups -OCH3 is 2. The number of ketones is 1. The van der Waals surface area contributed by atoms with E-state index in [-0.39, 0.29) is 18.1 Å². The van der Waals surface area contributed by atoms with E-state index in [0.717, 1.165) is 58.2 Å². The first-order chi connectivity index (χ1) is 20.6. The van der Waals surface area contributed by atoms with Gasteiger partial charge >= 0.3 is 0 Å². The lowest BCUT2D eigenvalue weighted by atomic mass is 10.0. The number of hydrogen-bond acceptors (Lipinski definition) is 8. The summed E-state index contributed by atoms with van der Waals surface area (Å²) in [6, 6.07) is 14.8. The summed E-state index contributed by atoms with van der Waals surface area (Å²) in [5.74, 6) is 1.70. The van der Waals surface area contributed by atoms with E-state index in [2.05, 4.69) is 25.2 Å². The largest absolute Gasteiger partial charge is 0.457 e. The highest BCUT2D eigenvalue weighted by Gasteiger charge is 2.24. The molecular formula is C32H38ClN5O4. The highest BCUT2D eigenvalue weighted by Crippen LogP contribution is 2.32. The number of unbranched alkanes of at least 4 members (excludes halogenated alkanes) is 2. The first kappa shape index (κ1) is 30.0. The summed E-state index contributed by atoms with van der Waals surface area (Å²) in [5.41, 5.74) is 1.47. The van der Waals surface area contributed by atoms with Gasteiger partial charge in [-0.05, 0) is 69.5 Å². The van der Waals surface area contributed by atoms with Crippen LogP contribution in [0.1, 0.15) is 54.4 Å². The number of para-hydroxylation sites is 1. The summed E-state index contributed by atoms with van der Waals surface area (Å²) in [4.78, 5) is 28.3. The van der Waals surface area contributed by atoms with E-state index in [1.807, 2.05) is 30.3 Å². The van der Waals surface area contributed by atoms with Crippen molar-refractivity contribution in [3.63, 3.8) is 0 Å². The quantitative estimate of drug-likeness (QED) is 0.0950. The summed E-state index contributed by atoms with van der Waals surface area (Å²) >= 11 is 6.59. The molecule has 42 heavy (non-hydrogen) atoms. The molecule has 0 spiro atoms. The number of aromatic amines is 1. The number of anilines is 1. The Morgan fingerprint density at radius 1 is 1.07 bits per heavy atom. The first-order valence-electron chi connectivity index (χ1n) is 14.5. The molecule has 2 N–H and O–H groups in total. The van der Waals surface area contributed by atoms with E-state index in [1.54, 1.807) is 38.6 Å². The van der Waals surface area contributed by atoms with Crippen LogP contribution in [0.4, 0.5) is 5.82 Å². The Morgan fingerprint density at radius 3 is 2.69 bits per heavy atom.